The highest BCUT2D eigenvalue weighted by Crippen LogP contribution is 2.23. The summed E-state index contributed by atoms with van der Waals surface area (Å²) in [5, 5.41) is 16.3. The first kappa shape index (κ1) is 15.0. The molecule has 100 valence electrons. The molecule has 0 heterocycles. The van der Waals surface area contributed by atoms with Crippen molar-refractivity contribution in [2.75, 3.05) is 25.1 Å². The highest BCUT2D eigenvalue weighted by atomic mass is 79.9. The summed E-state index contributed by atoms with van der Waals surface area (Å²) in [5.74, 6) is 0.0773. The van der Waals surface area contributed by atoms with Gasteiger partial charge in [-0.15, -0.1) is 0 Å². The average Bonchev–Trinajstić information content (AvgIpc) is 2.34. The van der Waals surface area contributed by atoms with Gasteiger partial charge >= 0.3 is 0 Å². The van der Waals surface area contributed by atoms with Crippen molar-refractivity contribution in [3.63, 3.8) is 0 Å². The molecule has 0 fully saturated rings. The number of anilines is 1. The molecule has 4 nitrogen and oxygen atoms in total. The van der Waals surface area contributed by atoms with Gasteiger partial charge in [-0.2, -0.15) is 0 Å². The Bertz CT molecular complexity index is 409. The zero-order valence-corrected chi connectivity index (χ0v) is 12.2. The topological polar surface area (TPSA) is 73.3 Å². The Kier molecular flexibility index (Phi) is 6.15. The lowest BCUT2D eigenvalue weighted by atomic mass is 10.1. The van der Waals surface area contributed by atoms with Gasteiger partial charge in [-0.25, -0.2) is 0 Å². The van der Waals surface area contributed by atoms with Gasteiger partial charge in [-0.1, -0.05) is 15.9 Å². The fraction of sp³-hybridized carbons (Fsp3) is 0.462. The van der Waals surface area contributed by atoms with Gasteiger partial charge in [0.25, 0.3) is 0 Å². The first-order valence-corrected chi connectivity index (χ1v) is 6.81. The molecule has 0 aliphatic heterocycles. The SMILES string of the molecule is CN(CCCCCO)c1ccc(Br)cc1C(=N)N. The molecule has 0 saturated carbocycles. The lowest BCUT2D eigenvalue weighted by Gasteiger charge is -2.22. The molecule has 0 saturated heterocycles. The first-order valence-electron chi connectivity index (χ1n) is 6.02. The zero-order valence-electron chi connectivity index (χ0n) is 10.6. The molecular formula is C13H20BrN3O. The lowest BCUT2D eigenvalue weighted by molar-refractivity contribution is 0.283. The smallest absolute Gasteiger partial charge is 0.124 e. The van der Waals surface area contributed by atoms with Gasteiger partial charge in [0.1, 0.15) is 5.84 Å². The largest absolute Gasteiger partial charge is 0.396 e. The molecule has 5 heteroatoms. The van der Waals surface area contributed by atoms with Crippen molar-refractivity contribution in [2.24, 2.45) is 5.73 Å². The maximum absolute atomic E-state index is 8.73. The fourth-order valence-electron chi connectivity index (χ4n) is 1.81. The molecule has 0 atom stereocenters. The summed E-state index contributed by atoms with van der Waals surface area (Å²) in [6.07, 6.45) is 2.87. The molecule has 4 N–H and O–H groups in total. The van der Waals surface area contributed by atoms with Crippen LogP contribution in [0.2, 0.25) is 0 Å². The Balaban J connectivity index is 2.72. The van der Waals surface area contributed by atoms with Crippen LogP contribution in [0.25, 0.3) is 0 Å². The van der Waals surface area contributed by atoms with E-state index in [4.69, 9.17) is 16.2 Å². The minimum absolute atomic E-state index is 0.0773. The van der Waals surface area contributed by atoms with E-state index in [9.17, 15) is 0 Å². The van der Waals surface area contributed by atoms with Crippen LogP contribution in [0, 0.1) is 5.41 Å². The number of nitrogens with one attached hydrogen (secondary N) is 1. The molecule has 0 radical (unpaired) electrons. The number of hydrogen-bond acceptors (Lipinski definition) is 3. The Morgan fingerprint density at radius 2 is 2.11 bits per heavy atom. The van der Waals surface area contributed by atoms with Crippen molar-refractivity contribution in [1.82, 2.24) is 0 Å². The molecule has 1 aromatic carbocycles. The van der Waals surface area contributed by atoms with E-state index < -0.39 is 0 Å². The average molecular weight is 314 g/mol. The Morgan fingerprint density at radius 3 is 2.72 bits per heavy atom. The molecule has 0 spiro atoms. The first-order chi connectivity index (χ1) is 8.56. The minimum atomic E-state index is 0.0773. The van der Waals surface area contributed by atoms with Crippen LogP contribution >= 0.6 is 15.9 Å². The van der Waals surface area contributed by atoms with Crippen molar-refractivity contribution in [3.8, 4) is 0 Å². The van der Waals surface area contributed by atoms with E-state index >= 15 is 0 Å². The van der Waals surface area contributed by atoms with E-state index in [1.54, 1.807) is 0 Å². The zero-order chi connectivity index (χ0) is 13.5. The number of halogens is 1. The van der Waals surface area contributed by atoms with Crippen molar-refractivity contribution in [3.05, 3.63) is 28.2 Å². The minimum Gasteiger partial charge on any atom is -0.396 e. The van der Waals surface area contributed by atoms with Gasteiger partial charge < -0.3 is 15.7 Å². The number of rotatable bonds is 7. The second kappa shape index (κ2) is 7.38. The number of nitrogen functional groups attached to an aromatic ring is 1. The Morgan fingerprint density at radius 1 is 1.39 bits per heavy atom. The van der Waals surface area contributed by atoms with E-state index in [1.165, 1.54) is 0 Å². The molecule has 0 aliphatic carbocycles. The molecule has 0 aromatic heterocycles. The summed E-state index contributed by atoms with van der Waals surface area (Å²) < 4.78 is 0.921. The number of benzene rings is 1. The molecular weight excluding hydrogens is 294 g/mol. The third kappa shape index (κ3) is 4.31. The predicted molar refractivity (Wildman–Crippen MR) is 79.4 cm³/mol. The maximum Gasteiger partial charge on any atom is 0.124 e. The van der Waals surface area contributed by atoms with Gasteiger partial charge in [-0.3, -0.25) is 5.41 Å². The van der Waals surface area contributed by atoms with Crippen LogP contribution in [0.15, 0.2) is 22.7 Å². The van der Waals surface area contributed by atoms with Gasteiger partial charge in [0.2, 0.25) is 0 Å². The number of aliphatic hydroxyl groups excluding tert-OH is 1. The van der Waals surface area contributed by atoms with Crippen molar-refractivity contribution in [2.45, 2.75) is 19.3 Å². The molecule has 0 unspecified atom stereocenters. The van der Waals surface area contributed by atoms with Crippen molar-refractivity contribution in [1.29, 1.82) is 5.41 Å². The predicted octanol–water partition coefficient (Wildman–Crippen LogP) is 2.33. The molecule has 1 aromatic rings. The monoisotopic (exact) mass is 313 g/mol. The third-order valence-corrected chi connectivity index (χ3v) is 3.30. The number of nitrogens with two attached hydrogens (primary N) is 1. The maximum atomic E-state index is 8.73. The van der Waals surface area contributed by atoms with E-state index in [1.807, 2.05) is 25.2 Å². The summed E-state index contributed by atoms with van der Waals surface area (Å²) >= 11 is 3.39. The quantitative estimate of drug-likeness (QED) is 0.411. The molecule has 0 amide bonds. The van der Waals surface area contributed by atoms with Crippen molar-refractivity contribution < 1.29 is 5.11 Å². The van der Waals surface area contributed by atoms with Gasteiger partial charge in [-0.05, 0) is 37.5 Å². The Labute approximate surface area is 116 Å². The molecule has 0 bridgehead atoms. The van der Waals surface area contributed by atoms with Crippen LogP contribution in [-0.4, -0.2) is 31.1 Å². The van der Waals surface area contributed by atoms with Crippen LogP contribution in [0.1, 0.15) is 24.8 Å². The summed E-state index contributed by atoms with van der Waals surface area (Å²) in [7, 11) is 1.99. The highest BCUT2D eigenvalue weighted by Gasteiger charge is 2.10. The van der Waals surface area contributed by atoms with Gasteiger partial charge in [0.15, 0.2) is 0 Å². The van der Waals surface area contributed by atoms with Gasteiger partial charge in [0, 0.05) is 35.9 Å². The second-order valence-corrected chi connectivity index (χ2v) is 5.20. The summed E-state index contributed by atoms with van der Waals surface area (Å²) in [6.45, 7) is 1.14. The second-order valence-electron chi connectivity index (χ2n) is 4.28. The fourth-order valence-corrected chi connectivity index (χ4v) is 2.18. The van der Waals surface area contributed by atoms with Crippen LogP contribution in [-0.2, 0) is 0 Å². The summed E-state index contributed by atoms with van der Waals surface area (Å²) in [6, 6.07) is 5.78. The van der Waals surface area contributed by atoms with Crippen LogP contribution in [0.5, 0.6) is 0 Å². The molecule has 1 rings (SSSR count). The number of nitrogens with zero attached hydrogens (tertiary/aromatic N) is 1. The van der Waals surface area contributed by atoms with Gasteiger partial charge in [0.05, 0.1) is 0 Å². The standard InChI is InChI=1S/C13H20BrN3O/c1-17(7-3-2-4-8-18)12-6-5-10(14)9-11(12)13(15)16/h5-6,9,18H,2-4,7-8H2,1H3,(H3,15,16). The molecule has 0 aliphatic rings. The van der Waals surface area contributed by atoms with Crippen LogP contribution in [0.4, 0.5) is 5.69 Å². The summed E-state index contributed by atoms with van der Waals surface area (Å²) in [5.41, 5.74) is 7.31. The Hall–Kier alpha value is -1.07. The summed E-state index contributed by atoms with van der Waals surface area (Å²) in [4.78, 5) is 2.10. The van der Waals surface area contributed by atoms with E-state index in [0.29, 0.717) is 0 Å². The normalized spacial score (nSPS) is 10.4. The molecule has 18 heavy (non-hydrogen) atoms. The van der Waals surface area contributed by atoms with Crippen LogP contribution < -0.4 is 10.6 Å². The van der Waals surface area contributed by atoms with Crippen LogP contribution in [0.3, 0.4) is 0 Å². The number of unbranched alkanes of at least 4 members (excludes halogenated alkanes) is 2. The van der Waals surface area contributed by atoms with Crippen molar-refractivity contribution >= 4 is 27.5 Å². The number of amidine groups is 1. The van der Waals surface area contributed by atoms with E-state index in [0.717, 1.165) is 41.5 Å². The highest BCUT2D eigenvalue weighted by molar-refractivity contribution is 9.10. The lowest BCUT2D eigenvalue weighted by Crippen LogP contribution is -2.23. The van der Waals surface area contributed by atoms with E-state index in [2.05, 4.69) is 20.8 Å². The third-order valence-electron chi connectivity index (χ3n) is 2.81. The number of aliphatic hydroxyl groups is 1. The number of hydrogen-bond donors (Lipinski definition) is 3. The van der Waals surface area contributed by atoms with E-state index in [-0.39, 0.29) is 12.4 Å².